The molecule has 0 unspecified atom stereocenters. The maximum Gasteiger partial charge on any atom is 0.336 e. The smallest absolute Gasteiger partial charge is 0.336 e. The van der Waals surface area contributed by atoms with E-state index in [-0.39, 0.29) is 11.1 Å². The fraction of sp³-hybridized carbons (Fsp3) is 0.333. The van der Waals surface area contributed by atoms with Crippen LogP contribution in [-0.2, 0) is 9.59 Å². The van der Waals surface area contributed by atoms with E-state index in [1.807, 2.05) is 0 Å². The van der Waals surface area contributed by atoms with E-state index in [0.717, 1.165) is 6.42 Å². The van der Waals surface area contributed by atoms with E-state index in [0.29, 0.717) is 12.8 Å². The zero-order valence-corrected chi connectivity index (χ0v) is 6.99. The molecule has 0 spiro atoms. The first kappa shape index (κ1) is 9.51. The lowest BCUT2D eigenvalue weighted by Gasteiger charge is -2.00. The number of carboxylic acids is 2. The van der Waals surface area contributed by atoms with Gasteiger partial charge in [0.05, 0.1) is 11.1 Å². The third-order valence-electron chi connectivity index (χ3n) is 1.86. The highest BCUT2D eigenvalue weighted by molar-refractivity contribution is 6.05. The Balaban J connectivity index is 3.04. The van der Waals surface area contributed by atoms with Crippen molar-refractivity contribution < 1.29 is 19.8 Å². The summed E-state index contributed by atoms with van der Waals surface area (Å²) in [5.41, 5.74) is -0.185. The molecule has 13 heavy (non-hydrogen) atoms. The van der Waals surface area contributed by atoms with Crippen LogP contribution in [0.15, 0.2) is 23.3 Å². The molecule has 1 aliphatic rings. The Bertz CT molecular complexity index is 269. The molecule has 0 radical (unpaired) electrons. The van der Waals surface area contributed by atoms with Crippen molar-refractivity contribution in [2.75, 3.05) is 0 Å². The molecule has 0 aromatic rings. The Morgan fingerprint density at radius 3 is 1.69 bits per heavy atom. The predicted molar refractivity (Wildman–Crippen MR) is 45.3 cm³/mol. The van der Waals surface area contributed by atoms with Gasteiger partial charge in [0.2, 0.25) is 0 Å². The van der Waals surface area contributed by atoms with Gasteiger partial charge < -0.3 is 10.2 Å². The Labute approximate surface area is 75.2 Å². The van der Waals surface area contributed by atoms with Crippen molar-refractivity contribution in [2.24, 2.45) is 0 Å². The maximum absolute atomic E-state index is 10.6. The normalized spacial score (nSPS) is 16.9. The number of carboxylic acid groups (broad SMARTS) is 2. The first-order valence-electron chi connectivity index (χ1n) is 4.00. The number of hydrogen-bond donors (Lipinski definition) is 2. The van der Waals surface area contributed by atoms with Crippen LogP contribution in [0, 0.1) is 0 Å². The van der Waals surface area contributed by atoms with Crippen molar-refractivity contribution in [2.45, 2.75) is 19.3 Å². The van der Waals surface area contributed by atoms with Gasteiger partial charge in [0.1, 0.15) is 0 Å². The van der Waals surface area contributed by atoms with Gasteiger partial charge in [-0.05, 0) is 19.3 Å². The van der Waals surface area contributed by atoms with Gasteiger partial charge in [-0.15, -0.1) is 0 Å². The highest BCUT2D eigenvalue weighted by Gasteiger charge is 2.20. The lowest BCUT2D eigenvalue weighted by molar-refractivity contribution is -0.136. The molecule has 0 aromatic heterocycles. The third-order valence-corrected chi connectivity index (χ3v) is 1.86. The van der Waals surface area contributed by atoms with Gasteiger partial charge in [-0.3, -0.25) is 0 Å². The molecule has 4 heteroatoms. The van der Waals surface area contributed by atoms with Crippen LogP contribution in [0.25, 0.3) is 0 Å². The van der Waals surface area contributed by atoms with Crippen LogP contribution in [0.4, 0.5) is 0 Å². The Morgan fingerprint density at radius 2 is 1.38 bits per heavy atom. The van der Waals surface area contributed by atoms with Gasteiger partial charge in [0, 0.05) is 0 Å². The minimum atomic E-state index is -1.17. The molecule has 1 rings (SSSR count). The van der Waals surface area contributed by atoms with Gasteiger partial charge in [-0.1, -0.05) is 12.2 Å². The predicted octanol–water partition coefficient (Wildman–Crippen LogP) is 1.19. The zero-order valence-electron chi connectivity index (χ0n) is 6.99. The van der Waals surface area contributed by atoms with E-state index in [9.17, 15) is 9.59 Å². The van der Waals surface area contributed by atoms with E-state index in [1.54, 1.807) is 0 Å². The largest absolute Gasteiger partial charge is 0.478 e. The second-order valence-corrected chi connectivity index (χ2v) is 2.78. The summed E-state index contributed by atoms with van der Waals surface area (Å²) >= 11 is 0. The Kier molecular flexibility index (Phi) is 2.84. The van der Waals surface area contributed by atoms with Crippen molar-refractivity contribution >= 4 is 11.9 Å². The van der Waals surface area contributed by atoms with Gasteiger partial charge in [-0.25, -0.2) is 9.59 Å². The quantitative estimate of drug-likeness (QED) is 0.672. The fourth-order valence-corrected chi connectivity index (χ4v) is 1.24. The average molecular weight is 182 g/mol. The summed E-state index contributed by atoms with van der Waals surface area (Å²) in [6.45, 7) is 0. The van der Waals surface area contributed by atoms with Crippen LogP contribution in [-0.4, -0.2) is 22.2 Å². The highest BCUT2D eigenvalue weighted by Crippen LogP contribution is 2.18. The molecule has 0 heterocycles. The standard InChI is InChI=1S/C9H10O4/c10-8(11)6-4-2-1-3-5-7(6)9(12)13/h4-5H,1-3H2,(H,10,11)(H,12,13). The average Bonchev–Trinajstić information content (AvgIpc) is 2.27. The first-order valence-corrected chi connectivity index (χ1v) is 4.00. The van der Waals surface area contributed by atoms with Gasteiger partial charge in [0.15, 0.2) is 0 Å². The van der Waals surface area contributed by atoms with Crippen LogP contribution >= 0.6 is 0 Å². The molecule has 70 valence electrons. The summed E-state index contributed by atoms with van der Waals surface area (Å²) in [6, 6.07) is 0. The van der Waals surface area contributed by atoms with E-state index in [4.69, 9.17) is 10.2 Å². The Morgan fingerprint density at radius 1 is 1.00 bits per heavy atom. The van der Waals surface area contributed by atoms with Crippen molar-refractivity contribution in [3.8, 4) is 0 Å². The first-order chi connectivity index (χ1) is 6.13. The molecule has 0 atom stereocenters. The van der Waals surface area contributed by atoms with Crippen molar-refractivity contribution in [1.82, 2.24) is 0 Å². The van der Waals surface area contributed by atoms with Crippen LogP contribution < -0.4 is 0 Å². The Hall–Kier alpha value is -1.58. The number of rotatable bonds is 2. The van der Waals surface area contributed by atoms with Crippen LogP contribution in [0.1, 0.15) is 19.3 Å². The fourth-order valence-electron chi connectivity index (χ4n) is 1.24. The molecule has 0 bridgehead atoms. The molecule has 0 aliphatic heterocycles. The molecular weight excluding hydrogens is 172 g/mol. The molecule has 0 saturated carbocycles. The van der Waals surface area contributed by atoms with Crippen LogP contribution in [0.5, 0.6) is 0 Å². The maximum atomic E-state index is 10.6. The molecule has 0 amide bonds. The molecular formula is C9H10O4. The molecule has 4 nitrogen and oxygen atoms in total. The van der Waals surface area contributed by atoms with E-state index in [1.165, 1.54) is 12.2 Å². The lowest BCUT2D eigenvalue weighted by Crippen LogP contribution is -2.10. The lowest BCUT2D eigenvalue weighted by atomic mass is 10.1. The monoisotopic (exact) mass is 182 g/mol. The van der Waals surface area contributed by atoms with Crippen molar-refractivity contribution in [3.05, 3.63) is 23.3 Å². The second kappa shape index (κ2) is 3.89. The number of aliphatic carboxylic acids is 2. The SMILES string of the molecule is O=C(O)C1=CCCCC=C1C(=O)O. The minimum absolute atomic E-state index is 0.0926. The summed E-state index contributed by atoms with van der Waals surface area (Å²) in [4.78, 5) is 21.3. The van der Waals surface area contributed by atoms with E-state index < -0.39 is 11.9 Å². The third kappa shape index (κ3) is 2.18. The summed E-state index contributed by atoms with van der Waals surface area (Å²) in [6.07, 6.45) is 4.97. The minimum Gasteiger partial charge on any atom is -0.478 e. The molecule has 0 fully saturated rings. The highest BCUT2D eigenvalue weighted by atomic mass is 16.4. The number of carbonyl (C=O) groups is 2. The number of hydrogen-bond acceptors (Lipinski definition) is 2. The van der Waals surface area contributed by atoms with E-state index in [2.05, 4.69) is 0 Å². The number of allylic oxidation sites excluding steroid dienone is 2. The van der Waals surface area contributed by atoms with Gasteiger partial charge in [-0.2, -0.15) is 0 Å². The van der Waals surface area contributed by atoms with Crippen molar-refractivity contribution in [1.29, 1.82) is 0 Å². The zero-order chi connectivity index (χ0) is 9.84. The summed E-state index contributed by atoms with van der Waals surface area (Å²) < 4.78 is 0. The summed E-state index contributed by atoms with van der Waals surface area (Å²) in [5, 5.41) is 17.4. The van der Waals surface area contributed by atoms with Crippen molar-refractivity contribution in [3.63, 3.8) is 0 Å². The summed E-state index contributed by atoms with van der Waals surface area (Å²) in [7, 11) is 0. The molecule has 0 aromatic carbocycles. The van der Waals surface area contributed by atoms with Gasteiger partial charge in [0.25, 0.3) is 0 Å². The van der Waals surface area contributed by atoms with E-state index >= 15 is 0 Å². The molecule has 1 aliphatic carbocycles. The van der Waals surface area contributed by atoms with Gasteiger partial charge >= 0.3 is 11.9 Å². The summed E-state index contributed by atoms with van der Waals surface area (Å²) in [5.74, 6) is -2.34. The van der Waals surface area contributed by atoms with Crippen LogP contribution in [0.3, 0.4) is 0 Å². The topological polar surface area (TPSA) is 74.6 Å². The van der Waals surface area contributed by atoms with Crippen LogP contribution in [0.2, 0.25) is 0 Å². The molecule has 2 N–H and O–H groups in total. The second-order valence-electron chi connectivity index (χ2n) is 2.78. The molecule has 0 saturated heterocycles.